The van der Waals surface area contributed by atoms with Gasteiger partial charge in [-0.15, -0.1) is 0 Å². The normalized spacial score (nSPS) is 12.8. The summed E-state index contributed by atoms with van der Waals surface area (Å²) in [6.07, 6.45) is 6.18. The maximum atomic E-state index is 5.70. The Hall–Kier alpha value is -2.46. The molecule has 0 radical (unpaired) electrons. The van der Waals surface area contributed by atoms with Crippen molar-refractivity contribution < 1.29 is 4.74 Å². The van der Waals surface area contributed by atoms with E-state index in [1.807, 2.05) is 30.5 Å². The Morgan fingerprint density at radius 3 is 2.81 bits per heavy atom. The molecule has 132 valence electrons. The Morgan fingerprint density at radius 1 is 1.12 bits per heavy atom. The molecule has 0 saturated heterocycles. The van der Waals surface area contributed by atoms with Crippen molar-refractivity contribution in [2.45, 2.75) is 32.6 Å². The van der Waals surface area contributed by atoms with E-state index in [0.717, 1.165) is 48.7 Å². The van der Waals surface area contributed by atoms with Crippen LogP contribution in [0.15, 0.2) is 53.5 Å². The van der Waals surface area contributed by atoms with E-state index < -0.39 is 0 Å². The van der Waals surface area contributed by atoms with Gasteiger partial charge in [-0.05, 0) is 60.2 Å². The smallest absolute Gasteiger partial charge is 0.209 e. The zero-order chi connectivity index (χ0) is 17.8. The first-order chi connectivity index (χ1) is 12.8. The molecule has 1 heterocycles. The van der Waals surface area contributed by atoms with Crippen molar-refractivity contribution in [1.82, 2.24) is 4.98 Å². The number of aryl methyl sites for hydroxylation is 2. The van der Waals surface area contributed by atoms with Crippen molar-refractivity contribution in [2.75, 3.05) is 6.61 Å². The lowest BCUT2D eigenvalue weighted by Crippen LogP contribution is -2.01. The van der Waals surface area contributed by atoms with E-state index in [9.17, 15) is 0 Å². The highest BCUT2D eigenvalue weighted by Gasteiger charge is 2.19. The monoisotopic (exact) mass is 362 g/mol. The van der Waals surface area contributed by atoms with E-state index >= 15 is 0 Å². The second-order valence-corrected chi connectivity index (χ2v) is 7.44. The lowest BCUT2D eigenvalue weighted by molar-refractivity contribution is 0.309. The lowest BCUT2D eigenvalue weighted by Gasteiger charge is -2.13. The van der Waals surface area contributed by atoms with Gasteiger partial charge in [0.05, 0.1) is 17.2 Å². The third kappa shape index (κ3) is 3.70. The minimum Gasteiger partial charge on any atom is -0.494 e. The minimum absolute atomic E-state index is 0.774. The van der Waals surface area contributed by atoms with Crippen molar-refractivity contribution >= 4 is 22.7 Å². The number of thiazole rings is 1. The number of benzene rings is 2. The first-order valence-electron chi connectivity index (χ1n) is 9.18. The highest BCUT2D eigenvalue weighted by molar-refractivity contribution is 7.18. The number of rotatable bonds is 6. The van der Waals surface area contributed by atoms with Gasteiger partial charge in [-0.25, -0.2) is 9.98 Å². The number of unbranched alkanes of at least 4 members (excludes halogenated alkanes) is 1. The fraction of sp³-hybridized carbons (Fsp3) is 0.273. The van der Waals surface area contributed by atoms with Gasteiger partial charge in [0.25, 0.3) is 0 Å². The lowest BCUT2D eigenvalue weighted by atomic mass is 9.94. The highest BCUT2D eigenvalue weighted by atomic mass is 32.1. The maximum absolute atomic E-state index is 5.70. The zero-order valence-electron chi connectivity index (χ0n) is 14.9. The van der Waals surface area contributed by atoms with Gasteiger partial charge in [0.15, 0.2) is 0 Å². The van der Waals surface area contributed by atoms with Crippen LogP contribution in [0, 0.1) is 0 Å². The molecule has 3 aromatic rings. The van der Waals surface area contributed by atoms with Crippen LogP contribution >= 0.6 is 11.3 Å². The molecular formula is C22H22N2OS. The van der Waals surface area contributed by atoms with E-state index in [4.69, 9.17) is 9.72 Å². The van der Waals surface area contributed by atoms with Gasteiger partial charge >= 0.3 is 0 Å². The van der Waals surface area contributed by atoms with Crippen LogP contribution in [0.5, 0.6) is 5.75 Å². The van der Waals surface area contributed by atoms with Crippen LogP contribution in [0.1, 0.15) is 36.6 Å². The number of nitrogens with zero attached hydrogens (tertiary/aromatic N) is 2. The number of hydrogen-bond acceptors (Lipinski definition) is 4. The molecule has 1 aliphatic rings. The summed E-state index contributed by atoms with van der Waals surface area (Å²) in [7, 11) is 0. The van der Waals surface area contributed by atoms with Crippen molar-refractivity contribution in [3.8, 4) is 16.2 Å². The van der Waals surface area contributed by atoms with E-state index in [0.29, 0.717) is 0 Å². The third-order valence-corrected chi connectivity index (χ3v) is 5.59. The van der Waals surface area contributed by atoms with Crippen molar-refractivity contribution in [3.05, 3.63) is 65.4 Å². The van der Waals surface area contributed by atoms with Gasteiger partial charge < -0.3 is 4.74 Å². The van der Waals surface area contributed by atoms with Gasteiger partial charge in [0.2, 0.25) is 5.13 Å². The number of fused-ring (bicyclic) bond motifs is 3. The summed E-state index contributed by atoms with van der Waals surface area (Å²) in [5.41, 5.74) is 4.97. The molecular weight excluding hydrogens is 340 g/mol. The van der Waals surface area contributed by atoms with Crippen molar-refractivity contribution in [2.24, 2.45) is 4.99 Å². The van der Waals surface area contributed by atoms with Crippen LogP contribution in [-0.2, 0) is 12.8 Å². The minimum atomic E-state index is 0.774. The predicted octanol–water partition coefficient (Wildman–Crippen LogP) is 5.84. The summed E-state index contributed by atoms with van der Waals surface area (Å²) >= 11 is 1.68. The number of hydrogen-bond donors (Lipinski definition) is 0. The standard InChI is InChI=1S/C22H22N2OS/c1-2-3-14-25-18-11-8-16(9-12-18)15-23-22-24-20-13-10-17-6-4-5-7-19(17)21(20)26-22/h4-9,11-12,15H,2-3,10,13-14H2,1H3. The van der Waals surface area contributed by atoms with Gasteiger partial charge in [0.1, 0.15) is 5.75 Å². The molecule has 0 amide bonds. The van der Waals surface area contributed by atoms with Crippen molar-refractivity contribution in [1.29, 1.82) is 0 Å². The zero-order valence-corrected chi connectivity index (χ0v) is 15.8. The molecule has 4 rings (SSSR count). The summed E-state index contributed by atoms with van der Waals surface area (Å²) in [6.45, 7) is 2.94. The highest BCUT2D eigenvalue weighted by Crippen LogP contribution is 2.40. The molecule has 1 aromatic heterocycles. The molecule has 0 fully saturated rings. The summed E-state index contributed by atoms with van der Waals surface area (Å²) in [5.74, 6) is 0.914. The topological polar surface area (TPSA) is 34.5 Å². The van der Waals surface area contributed by atoms with E-state index in [1.165, 1.54) is 21.7 Å². The SMILES string of the molecule is CCCCOc1ccc(C=Nc2nc3c(s2)-c2ccccc2CC3)cc1. The number of ether oxygens (including phenoxy) is 1. The molecule has 26 heavy (non-hydrogen) atoms. The first-order valence-corrected chi connectivity index (χ1v) is 10.00. The second kappa shape index (κ2) is 7.83. The molecule has 0 atom stereocenters. The van der Waals surface area contributed by atoms with Crippen LogP contribution in [0.25, 0.3) is 10.4 Å². The molecule has 0 N–H and O–H groups in total. The molecule has 2 aromatic carbocycles. The van der Waals surface area contributed by atoms with Crippen LogP contribution in [-0.4, -0.2) is 17.8 Å². The van der Waals surface area contributed by atoms with Crippen LogP contribution < -0.4 is 4.74 Å². The fourth-order valence-electron chi connectivity index (χ4n) is 3.10. The quantitative estimate of drug-likeness (QED) is 0.408. The predicted molar refractivity (Wildman–Crippen MR) is 109 cm³/mol. The van der Waals surface area contributed by atoms with Crippen LogP contribution in [0.2, 0.25) is 0 Å². The fourth-order valence-corrected chi connectivity index (χ4v) is 4.12. The van der Waals surface area contributed by atoms with Gasteiger partial charge in [0, 0.05) is 6.21 Å². The Bertz CT molecular complexity index is 912. The largest absolute Gasteiger partial charge is 0.494 e. The van der Waals surface area contributed by atoms with E-state index in [2.05, 4.69) is 36.2 Å². The van der Waals surface area contributed by atoms with Gasteiger partial charge in [-0.2, -0.15) is 0 Å². The molecule has 0 unspecified atom stereocenters. The van der Waals surface area contributed by atoms with Crippen molar-refractivity contribution in [3.63, 3.8) is 0 Å². The van der Waals surface area contributed by atoms with Crippen LogP contribution in [0.3, 0.4) is 0 Å². The molecule has 0 bridgehead atoms. The Kier molecular flexibility index (Phi) is 5.12. The maximum Gasteiger partial charge on any atom is 0.209 e. The number of aromatic nitrogens is 1. The second-order valence-electron chi connectivity index (χ2n) is 6.46. The summed E-state index contributed by atoms with van der Waals surface area (Å²) in [5, 5.41) is 0.829. The number of aliphatic imine (C=N–C) groups is 1. The molecule has 0 spiro atoms. The Balaban J connectivity index is 1.48. The molecule has 3 nitrogen and oxygen atoms in total. The molecule has 0 aliphatic heterocycles. The van der Waals surface area contributed by atoms with Crippen LogP contribution in [0.4, 0.5) is 5.13 Å². The van der Waals surface area contributed by atoms with E-state index in [1.54, 1.807) is 11.3 Å². The Labute approximate surface area is 158 Å². The Morgan fingerprint density at radius 2 is 1.96 bits per heavy atom. The molecule has 4 heteroatoms. The van der Waals surface area contributed by atoms with Gasteiger partial charge in [-0.1, -0.05) is 48.9 Å². The summed E-state index contributed by atoms with van der Waals surface area (Å²) in [6, 6.07) is 16.7. The average molecular weight is 362 g/mol. The van der Waals surface area contributed by atoms with Gasteiger partial charge in [-0.3, -0.25) is 0 Å². The summed E-state index contributed by atoms with van der Waals surface area (Å²) < 4.78 is 5.70. The molecule has 1 aliphatic carbocycles. The average Bonchev–Trinajstić information content (AvgIpc) is 3.11. The molecule has 0 saturated carbocycles. The van der Waals surface area contributed by atoms with E-state index in [-0.39, 0.29) is 0 Å². The third-order valence-electron chi connectivity index (χ3n) is 4.55. The summed E-state index contributed by atoms with van der Waals surface area (Å²) in [4.78, 5) is 10.6. The first kappa shape index (κ1) is 17.0.